The number of hydrogen-bond donors (Lipinski definition) is 3. The van der Waals surface area contributed by atoms with Crippen LogP contribution in [0.4, 0.5) is 17.5 Å². The van der Waals surface area contributed by atoms with Crippen LogP contribution in [-0.4, -0.2) is 33.3 Å². The average Bonchev–Trinajstić information content (AvgIpc) is 3.22. The number of aromatic nitrogens is 4. The molecule has 0 unspecified atom stereocenters. The number of hydrogen-bond acceptors (Lipinski definition) is 6. The van der Waals surface area contributed by atoms with Crippen molar-refractivity contribution < 1.29 is 8.42 Å². The smallest absolute Gasteiger partial charge is 0.264 e. The second-order valence-corrected chi connectivity index (χ2v) is 9.27. The molecule has 33 heavy (non-hydrogen) atoms. The van der Waals surface area contributed by atoms with E-state index in [9.17, 15) is 8.42 Å². The molecule has 4 aromatic rings. The van der Waals surface area contributed by atoms with E-state index in [-0.39, 0.29) is 10.8 Å². The van der Waals surface area contributed by atoms with Crippen LogP contribution in [0.5, 0.6) is 0 Å². The molecule has 0 saturated carbocycles. The van der Waals surface area contributed by atoms with Gasteiger partial charge in [0.15, 0.2) is 10.9 Å². The molecule has 9 nitrogen and oxygen atoms in total. The summed E-state index contributed by atoms with van der Waals surface area (Å²) in [6.45, 7) is 0.527. The summed E-state index contributed by atoms with van der Waals surface area (Å²) in [6.07, 6.45) is 4.72. The highest BCUT2D eigenvalue weighted by atomic mass is 35.5. The maximum Gasteiger partial charge on any atom is 0.264 e. The molecule has 0 radical (unpaired) electrons. The molecule has 0 fully saturated rings. The van der Waals surface area contributed by atoms with Crippen LogP contribution in [0.25, 0.3) is 0 Å². The summed E-state index contributed by atoms with van der Waals surface area (Å²) >= 11 is 11.5. The zero-order valence-electron chi connectivity index (χ0n) is 17.0. The van der Waals surface area contributed by atoms with E-state index in [2.05, 4.69) is 30.4 Å². The summed E-state index contributed by atoms with van der Waals surface area (Å²) in [4.78, 5) is 7.79. The highest BCUT2D eigenvalue weighted by molar-refractivity contribution is 7.92. The highest BCUT2D eigenvalue weighted by Crippen LogP contribution is 2.18. The molecule has 2 heterocycles. The van der Waals surface area contributed by atoms with Gasteiger partial charge in [-0.15, -0.1) is 0 Å². The fraction of sp³-hybridized carbons (Fsp3) is 0.0476. The molecule has 0 spiro atoms. The van der Waals surface area contributed by atoms with Crippen molar-refractivity contribution in [2.75, 3.05) is 15.4 Å². The molecule has 0 saturated heterocycles. The number of rotatable bonds is 7. The predicted molar refractivity (Wildman–Crippen MR) is 132 cm³/mol. The lowest BCUT2D eigenvalue weighted by Crippen LogP contribution is -2.20. The zero-order chi connectivity index (χ0) is 23.3. The molecule has 2 aromatic carbocycles. The summed E-state index contributed by atoms with van der Waals surface area (Å²) in [5, 5.41) is 11.4. The van der Waals surface area contributed by atoms with Crippen LogP contribution < -0.4 is 15.4 Å². The molecule has 2 aromatic heterocycles. The quantitative estimate of drug-likeness (QED) is 0.327. The van der Waals surface area contributed by atoms with E-state index in [4.69, 9.17) is 23.8 Å². The van der Waals surface area contributed by atoms with Gasteiger partial charge in [0, 0.05) is 35.4 Å². The molecular weight excluding hydrogens is 482 g/mol. The van der Waals surface area contributed by atoms with E-state index < -0.39 is 10.0 Å². The Morgan fingerprint density at radius 1 is 0.970 bits per heavy atom. The normalized spacial score (nSPS) is 11.1. The van der Waals surface area contributed by atoms with Gasteiger partial charge in [-0.3, -0.25) is 4.68 Å². The van der Waals surface area contributed by atoms with E-state index in [1.54, 1.807) is 28.9 Å². The first-order valence-corrected chi connectivity index (χ1v) is 11.9. The van der Waals surface area contributed by atoms with Crippen molar-refractivity contribution in [2.45, 2.75) is 11.4 Å². The van der Waals surface area contributed by atoms with Crippen molar-refractivity contribution in [3.63, 3.8) is 0 Å². The number of sulfonamides is 1. The Bertz CT molecular complexity index is 1360. The third-order valence-corrected chi connectivity index (χ3v) is 6.30. The topological polar surface area (TPSA) is 114 Å². The highest BCUT2D eigenvalue weighted by Gasteiger charge is 2.15. The van der Waals surface area contributed by atoms with E-state index in [0.29, 0.717) is 28.2 Å². The Balaban J connectivity index is 1.34. The SMILES string of the molecule is O=S(=O)(Nc1ncccn1)c1ccc(NC(=S)Nc2ccn(Cc3ccccc3Cl)n2)cc1. The van der Waals surface area contributed by atoms with Gasteiger partial charge in [-0.05, 0) is 54.2 Å². The van der Waals surface area contributed by atoms with Crippen molar-refractivity contribution in [3.8, 4) is 0 Å². The Morgan fingerprint density at radius 3 is 2.42 bits per heavy atom. The zero-order valence-corrected chi connectivity index (χ0v) is 19.4. The lowest BCUT2D eigenvalue weighted by atomic mass is 10.2. The molecule has 0 aliphatic carbocycles. The summed E-state index contributed by atoms with van der Waals surface area (Å²) in [7, 11) is -3.81. The molecule has 3 N–H and O–H groups in total. The lowest BCUT2D eigenvalue weighted by Gasteiger charge is -2.10. The lowest BCUT2D eigenvalue weighted by molar-refractivity contribution is 0.601. The number of halogens is 1. The summed E-state index contributed by atoms with van der Waals surface area (Å²) in [6, 6.07) is 17.1. The van der Waals surface area contributed by atoms with Crippen LogP contribution in [0.15, 0.2) is 84.1 Å². The third-order valence-electron chi connectivity index (χ3n) is 4.39. The maximum atomic E-state index is 12.5. The van der Waals surface area contributed by atoms with Crippen molar-refractivity contribution in [1.29, 1.82) is 0 Å². The van der Waals surface area contributed by atoms with Crippen molar-refractivity contribution in [3.05, 3.63) is 89.8 Å². The molecular formula is C21H18ClN7O2S2. The summed E-state index contributed by atoms with van der Waals surface area (Å²) in [5.41, 5.74) is 1.57. The Morgan fingerprint density at radius 2 is 1.70 bits per heavy atom. The fourth-order valence-corrected chi connectivity index (χ4v) is 4.22. The molecule has 0 aliphatic heterocycles. The minimum Gasteiger partial charge on any atom is -0.332 e. The van der Waals surface area contributed by atoms with Gasteiger partial charge in [-0.1, -0.05) is 29.8 Å². The first-order valence-electron chi connectivity index (χ1n) is 9.64. The maximum absolute atomic E-state index is 12.5. The summed E-state index contributed by atoms with van der Waals surface area (Å²) in [5.74, 6) is 0.560. The molecule has 4 rings (SSSR count). The van der Waals surface area contributed by atoms with Crippen LogP contribution in [0.2, 0.25) is 5.02 Å². The van der Waals surface area contributed by atoms with E-state index in [0.717, 1.165) is 5.56 Å². The van der Waals surface area contributed by atoms with Crippen molar-refractivity contribution in [1.82, 2.24) is 19.7 Å². The molecule has 0 atom stereocenters. The Kier molecular flexibility index (Phi) is 6.82. The largest absolute Gasteiger partial charge is 0.332 e. The average molecular weight is 500 g/mol. The molecule has 0 aliphatic rings. The Labute approximate surface area is 200 Å². The molecule has 0 amide bonds. The van der Waals surface area contributed by atoms with Crippen molar-refractivity contribution >= 4 is 56.4 Å². The van der Waals surface area contributed by atoms with Crippen molar-refractivity contribution in [2.24, 2.45) is 0 Å². The number of nitrogens with one attached hydrogen (secondary N) is 3. The van der Waals surface area contributed by atoms with Gasteiger partial charge >= 0.3 is 0 Å². The number of nitrogens with zero attached hydrogens (tertiary/aromatic N) is 4. The monoisotopic (exact) mass is 499 g/mol. The second kappa shape index (κ2) is 9.94. The second-order valence-electron chi connectivity index (χ2n) is 6.77. The van der Waals surface area contributed by atoms with Crippen LogP contribution in [0.1, 0.15) is 5.56 Å². The Hall–Kier alpha value is -3.54. The van der Waals surface area contributed by atoms with Gasteiger partial charge in [0.1, 0.15) is 0 Å². The van der Waals surface area contributed by atoms with Crippen LogP contribution in [0, 0.1) is 0 Å². The molecule has 12 heteroatoms. The van der Waals surface area contributed by atoms with Crippen LogP contribution in [0.3, 0.4) is 0 Å². The predicted octanol–water partition coefficient (Wildman–Crippen LogP) is 3.98. The number of thiocarbonyl (C=S) groups is 1. The third kappa shape index (κ3) is 6.04. The van der Waals surface area contributed by atoms with Gasteiger partial charge in [0.25, 0.3) is 10.0 Å². The molecule has 0 bridgehead atoms. The minimum atomic E-state index is -3.81. The number of benzene rings is 2. The number of anilines is 3. The van der Waals surface area contributed by atoms with Crippen LogP contribution in [-0.2, 0) is 16.6 Å². The van der Waals surface area contributed by atoms with Gasteiger partial charge in [0.2, 0.25) is 5.95 Å². The summed E-state index contributed by atoms with van der Waals surface area (Å²) < 4.78 is 29.0. The standard InChI is InChI=1S/C21H18ClN7O2S2/c22-18-5-2-1-4-15(18)14-29-13-10-19(27-29)26-21(32)25-16-6-8-17(9-7-16)33(30,31)28-20-23-11-3-12-24-20/h1-13H,14H2,(H,23,24,28)(H2,25,26,27,32). The van der Waals surface area contributed by atoms with Gasteiger partial charge < -0.3 is 10.6 Å². The first kappa shape index (κ1) is 22.6. The van der Waals surface area contributed by atoms with E-state index in [1.807, 2.05) is 30.5 Å². The van der Waals surface area contributed by atoms with Crippen LogP contribution >= 0.6 is 23.8 Å². The fourth-order valence-electron chi connectivity index (χ4n) is 2.84. The van der Waals surface area contributed by atoms with E-state index >= 15 is 0 Å². The van der Waals surface area contributed by atoms with E-state index in [1.165, 1.54) is 24.5 Å². The molecule has 168 valence electrons. The van der Waals surface area contributed by atoms with Gasteiger partial charge in [-0.25, -0.2) is 23.1 Å². The van der Waals surface area contributed by atoms with Gasteiger partial charge in [-0.2, -0.15) is 5.10 Å². The van der Waals surface area contributed by atoms with Gasteiger partial charge in [0.05, 0.1) is 11.4 Å². The minimum absolute atomic E-state index is 0.000878. The first-order chi connectivity index (χ1) is 15.9.